The van der Waals surface area contributed by atoms with E-state index in [0.717, 1.165) is 0 Å². The molecule has 0 aliphatic rings. The summed E-state index contributed by atoms with van der Waals surface area (Å²) < 4.78 is 0.705. The molecule has 0 aliphatic heterocycles. The zero-order chi connectivity index (χ0) is 14.0. The van der Waals surface area contributed by atoms with Crippen LogP contribution in [-0.2, 0) is 0 Å². The highest BCUT2D eigenvalue weighted by molar-refractivity contribution is 9.10. The molecule has 0 amide bonds. The third-order valence-electron chi connectivity index (χ3n) is 2.43. The number of hydrogen-bond donors (Lipinski definition) is 1. The Labute approximate surface area is 134 Å². The lowest BCUT2D eigenvalue weighted by Crippen LogP contribution is -1.95. The Balaban J connectivity index is 2.46. The minimum Gasteiger partial charge on any atom is -0.353 e. The summed E-state index contributed by atoms with van der Waals surface area (Å²) in [5, 5.41) is 13.3. The van der Waals surface area contributed by atoms with Crippen molar-refractivity contribution < 1.29 is 0 Å². The van der Waals surface area contributed by atoms with Crippen LogP contribution in [0.1, 0.15) is 5.56 Å². The van der Waals surface area contributed by atoms with Crippen LogP contribution in [0.2, 0.25) is 15.1 Å². The molecule has 2 rings (SSSR count). The van der Waals surface area contributed by atoms with E-state index >= 15 is 0 Å². The molecule has 2 aromatic carbocycles. The van der Waals surface area contributed by atoms with Crippen molar-refractivity contribution in [3.63, 3.8) is 0 Å². The first-order chi connectivity index (χ1) is 9.04. The molecular formula is C13H6BrCl3N2. The van der Waals surface area contributed by atoms with Crippen molar-refractivity contribution in [1.82, 2.24) is 0 Å². The molecule has 0 spiro atoms. The third-order valence-corrected chi connectivity index (χ3v) is 4.52. The van der Waals surface area contributed by atoms with Gasteiger partial charge in [-0.15, -0.1) is 0 Å². The summed E-state index contributed by atoms with van der Waals surface area (Å²) in [5.74, 6) is 0. The maximum absolute atomic E-state index is 9.10. The Morgan fingerprint density at radius 1 is 1.00 bits per heavy atom. The summed E-state index contributed by atoms with van der Waals surface area (Å²) in [5.41, 5.74) is 1.54. The molecule has 2 nitrogen and oxygen atoms in total. The molecule has 1 N–H and O–H groups in total. The van der Waals surface area contributed by atoms with E-state index in [9.17, 15) is 0 Å². The van der Waals surface area contributed by atoms with Crippen molar-refractivity contribution in [1.29, 1.82) is 5.26 Å². The molecule has 0 aliphatic carbocycles. The molecule has 0 radical (unpaired) electrons. The van der Waals surface area contributed by atoms with Gasteiger partial charge < -0.3 is 5.32 Å². The maximum Gasteiger partial charge on any atom is 0.103 e. The van der Waals surface area contributed by atoms with Crippen molar-refractivity contribution in [3.8, 4) is 6.07 Å². The van der Waals surface area contributed by atoms with Crippen LogP contribution in [0.4, 0.5) is 11.4 Å². The Morgan fingerprint density at radius 2 is 1.74 bits per heavy atom. The molecule has 0 saturated carbocycles. The molecule has 2 aromatic rings. The third kappa shape index (κ3) is 2.98. The maximum atomic E-state index is 9.10. The molecule has 19 heavy (non-hydrogen) atoms. The number of nitriles is 1. The smallest absolute Gasteiger partial charge is 0.103 e. The number of rotatable bonds is 2. The van der Waals surface area contributed by atoms with Crippen molar-refractivity contribution in [2.24, 2.45) is 0 Å². The molecule has 6 heteroatoms. The second-order valence-electron chi connectivity index (χ2n) is 3.62. The number of benzene rings is 2. The van der Waals surface area contributed by atoms with Crippen molar-refractivity contribution >= 4 is 62.1 Å². The molecule has 0 bridgehead atoms. The van der Waals surface area contributed by atoms with Gasteiger partial charge in [-0.2, -0.15) is 5.26 Å². The Morgan fingerprint density at radius 3 is 2.42 bits per heavy atom. The molecule has 0 heterocycles. The second-order valence-corrected chi connectivity index (χ2v) is 5.64. The fourth-order valence-corrected chi connectivity index (χ4v) is 2.55. The Hall–Kier alpha value is -0.920. The standard InChI is InChI=1S/C13H6BrCl3N2/c14-8-4-5-11(13(17)12(8)16)19-10-3-1-2-9(15)7(10)6-18/h1-5,19H. The van der Waals surface area contributed by atoms with Crippen LogP contribution in [0.25, 0.3) is 0 Å². The van der Waals surface area contributed by atoms with Gasteiger partial charge in [0.15, 0.2) is 0 Å². The minimum absolute atomic E-state index is 0.360. The van der Waals surface area contributed by atoms with E-state index in [4.69, 9.17) is 40.1 Å². The summed E-state index contributed by atoms with van der Waals surface area (Å²) in [6.07, 6.45) is 0. The quantitative estimate of drug-likeness (QED) is 0.650. The van der Waals surface area contributed by atoms with Gasteiger partial charge in [0.25, 0.3) is 0 Å². The highest BCUT2D eigenvalue weighted by Crippen LogP contribution is 2.38. The van der Waals surface area contributed by atoms with Gasteiger partial charge in [0.05, 0.1) is 32.0 Å². The summed E-state index contributed by atoms with van der Waals surface area (Å²) in [4.78, 5) is 0. The van der Waals surface area contributed by atoms with E-state index in [1.165, 1.54) is 0 Å². The SMILES string of the molecule is N#Cc1c(Cl)cccc1Nc1ccc(Br)c(Cl)c1Cl. The van der Waals surface area contributed by atoms with Gasteiger partial charge in [-0.1, -0.05) is 40.9 Å². The zero-order valence-corrected chi connectivity index (χ0v) is 13.2. The first-order valence-corrected chi connectivity index (χ1v) is 7.06. The lowest BCUT2D eigenvalue weighted by atomic mass is 10.2. The van der Waals surface area contributed by atoms with E-state index in [0.29, 0.717) is 36.5 Å². The van der Waals surface area contributed by atoms with Crippen LogP contribution in [0, 0.1) is 11.3 Å². The van der Waals surface area contributed by atoms with Crippen LogP contribution in [0.3, 0.4) is 0 Å². The average molecular weight is 376 g/mol. The highest BCUT2D eigenvalue weighted by Gasteiger charge is 2.11. The van der Waals surface area contributed by atoms with Gasteiger partial charge in [-0.3, -0.25) is 0 Å². The Bertz CT molecular complexity index is 680. The van der Waals surface area contributed by atoms with E-state index < -0.39 is 0 Å². The minimum atomic E-state index is 0.360. The fraction of sp³-hybridized carbons (Fsp3) is 0. The second kappa shape index (κ2) is 6.02. The van der Waals surface area contributed by atoms with Crippen LogP contribution >= 0.6 is 50.7 Å². The highest BCUT2D eigenvalue weighted by atomic mass is 79.9. The monoisotopic (exact) mass is 374 g/mol. The van der Waals surface area contributed by atoms with Crippen LogP contribution in [0.15, 0.2) is 34.8 Å². The van der Waals surface area contributed by atoms with Crippen LogP contribution in [0.5, 0.6) is 0 Å². The van der Waals surface area contributed by atoms with E-state index in [2.05, 4.69) is 21.2 Å². The average Bonchev–Trinajstić information content (AvgIpc) is 2.40. The molecule has 0 fully saturated rings. The number of nitrogens with one attached hydrogen (secondary N) is 1. The van der Waals surface area contributed by atoms with Gasteiger partial charge >= 0.3 is 0 Å². The molecular weight excluding hydrogens is 370 g/mol. The van der Waals surface area contributed by atoms with Crippen LogP contribution in [-0.4, -0.2) is 0 Å². The van der Waals surface area contributed by atoms with Gasteiger partial charge in [0, 0.05) is 4.47 Å². The first-order valence-electron chi connectivity index (χ1n) is 5.13. The van der Waals surface area contributed by atoms with Crippen molar-refractivity contribution in [3.05, 3.63) is 55.4 Å². The Kier molecular flexibility index (Phi) is 4.59. The fourth-order valence-electron chi connectivity index (χ4n) is 1.51. The molecule has 0 unspecified atom stereocenters. The summed E-state index contributed by atoms with van der Waals surface area (Å²) in [6, 6.07) is 10.7. The number of hydrogen-bond acceptors (Lipinski definition) is 2. The predicted molar refractivity (Wildman–Crippen MR) is 83.6 cm³/mol. The van der Waals surface area contributed by atoms with E-state index in [1.807, 2.05) is 6.07 Å². The predicted octanol–water partition coefficient (Wildman–Crippen LogP) is 6.02. The normalized spacial score (nSPS) is 10.1. The van der Waals surface area contributed by atoms with Crippen molar-refractivity contribution in [2.75, 3.05) is 5.32 Å². The molecule has 96 valence electrons. The summed E-state index contributed by atoms with van der Waals surface area (Å²) >= 11 is 21.4. The summed E-state index contributed by atoms with van der Waals surface area (Å²) in [7, 11) is 0. The number of halogens is 4. The topological polar surface area (TPSA) is 35.8 Å². The molecule has 0 saturated heterocycles. The van der Waals surface area contributed by atoms with E-state index in [1.54, 1.807) is 30.3 Å². The molecule has 0 atom stereocenters. The largest absolute Gasteiger partial charge is 0.353 e. The lowest BCUT2D eigenvalue weighted by Gasteiger charge is -2.12. The number of nitrogens with zero attached hydrogens (tertiary/aromatic N) is 1. The van der Waals surface area contributed by atoms with Crippen molar-refractivity contribution in [2.45, 2.75) is 0 Å². The van der Waals surface area contributed by atoms with Gasteiger partial charge in [-0.05, 0) is 40.2 Å². The van der Waals surface area contributed by atoms with E-state index in [-0.39, 0.29) is 0 Å². The van der Waals surface area contributed by atoms with Gasteiger partial charge in [0.1, 0.15) is 6.07 Å². The lowest BCUT2D eigenvalue weighted by molar-refractivity contribution is 1.46. The number of anilines is 2. The summed E-state index contributed by atoms with van der Waals surface area (Å²) in [6.45, 7) is 0. The van der Waals surface area contributed by atoms with Crippen LogP contribution < -0.4 is 5.32 Å². The van der Waals surface area contributed by atoms with Gasteiger partial charge in [0.2, 0.25) is 0 Å². The molecule has 0 aromatic heterocycles. The van der Waals surface area contributed by atoms with Gasteiger partial charge in [-0.25, -0.2) is 0 Å². The first kappa shape index (κ1) is 14.5. The zero-order valence-electron chi connectivity index (χ0n) is 9.35.